The Morgan fingerprint density at radius 3 is 2.63 bits per heavy atom. The van der Waals surface area contributed by atoms with Crippen LogP contribution < -0.4 is 10.1 Å². The maximum atomic E-state index is 14.4. The molecule has 0 aliphatic carbocycles. The Kier molecular flexibility index (Phi) is 5.52. The summed E-state index contributed by atoms with van der Waals surface area (Å²) in [4.78, 5) is 13.5. The van der Waals surface area contributed by atoms with Gasteiger partial charge >= 0.3 is 0 Å². The van der Waals surface area contributed by atoms with Crippen molar-refractivity contribution in [1.82, 2.24) is 15.0 Å². The number of nitrogens with one attached hydrogen (secondary N) is 1. The first-order valence-electron chi connectivity index (χ1n) is 9.60. The number of hydrogen-bond acceptors (Lipinski definition) is 5. The van der Waals surface area contributed by atoms with Crippen molar-refractivity contribution in [3.8, 4) is 28.3 Å². The molecule has 0 saturated carbocycles. The predicted octanol–water partition coefficient (Wildman–Crippen LogP) is 5.47. The third-order valence-corrected chi connectivity index (χ3v) is 4.71. The number of hydrogen-bond donors (Lipinski definition) is 1. The van der Waals surface area contributed by atoms with Crippen LogP contribution in [0.25, 0.3) is 33.4 Å². The molecule has 7 heteroatoms. The minimum Gasteiger partial charge on any atom is -0.494 e. The van der Waals surface area contributed by atoms with Gasteiger partial charge < -0.3 is 10.1 Å². The Balaban J connectivity index is 1.98. The Morgan fingerprint density at radius 2 is 1.90 bits per heavy atom. The highest BCUT2D eigenvalue weighted by Gasteiger charge is 2.17. The Bertz CT molecular complexity index is 1200. The standard InChI is InChI=1S/C23H20F2N4O/c1-3-9-27-23-17-11-15(16-7-4-8-18(24)20(16)25)12-19(30-2)21(17)28-22(29-23)14-6-5-10-26-13-14/h4-8,10-13H,3,9H2,1-2H3,(H,27,28,29). The molecule has 0 fully saturated rings. The molecule has 0 radical (unpaired) electrons. The number of aromatic nitrogens is 3. The van der Waals surface area contributed by atoms with Gasteiger partial charge in [-0.3, -0.25) is 4.98 Å². The van der Waals surface area contributed by atoms with Gasteiger partial charge in [-0.2, -0.15) is 0 Å². The number of anilines is 1. The number of fused-ring (bicyclic) bond motifs is 1. The van der Waals surface area contributed by atoms with E-state index >= 15 is 0 Å². The van der Waals surface area contributed by atoms with Crippen LogP contribution in [-0.2, 0) is 0 Å². The molecule has 0 saturated heterocycles. The van der Waals surface area contributed by atoms with Gasteiger partial charge in [0.1, 0.15) is 17.1 Å². The van der Waals surface area contributed by atoms with Gasteiger partial charge in [-0.1, -0.05) is 19.1 Å². The van der Waals surface area contributed by atoms with Gasteiger partial charge in [0.25, 0.3) is 0 Å². The highest BCUT2D eigenvalue weighted by molar-refractivity contribution is 5.97. The van der Waals surface area contributed by atoms with Crippen LogP contribution in [0.3, 0.4) is 0 Å². The Labute approximate surface area is 172 Å². The number of pyridine rings is 1. The number of nitrogens with zero attached hydrogens (tertiary/aromatic N) is 3. The lowest BCUT2D eigenvalue weighted by Gasteiger charge is -2.15. The predicted molar refractivity (Wildman–Crippen MR) is 113 cm³/mol. The average molecular weight is 406 g/mol. The van der Waals surface area contributed by atoms with Crippen molar-refractivity contribution in [1.29, 1.82) is 0 Å². The molecular weight excluding hydrogens is 386 g/mol. The summed E-state index contributed by atoms with van der Waals surface area (Å²) in [5.41, 5.74) is 1.97. The molecule has 0 amide bonds. The zero-order valence-electron chi connectivity index (χ0n) is 16.6. The number of benzene rings is 2. The summed E-state index contributed by atoms with van der Waals surface area (Å²) in [5, 5.41) is 3.97. The molecule has 0 bridgehead atoms. The summed E-state index contributed by atoms with van der Waals surface area (Å²) < 4.78 is 33.8. The molecule has 2 aromatic carbocycles. The highest BCUT2D eigenvalue weighted by Crippen LogP contribution is 2.36. The van der Waals surface area contributed by atoms with E-state index in [0.717, 1.165) is 18.1 Å². The summed E-state index contributed by atoms with van der Waals surface area (Å²) in [6.45, 7) is 2.74. The highest BCUT2D eigenvalue weighted by atomic mass is 19.2. The van der Waals surface area contributed by atoms with Gasteiger partial charge in [0, 0.05) is 35.5 Å². The first-order valence-corrected chi connectivity index (χ1v) is 9.60. The maximum Gasteiger partial charge on any atom is 0.166 e. The molecule has 2 heterocycles. The lowest BCUT2D eigenvalue weighted by molar-refractivity contribution is 0.419. The van der Waals surface area contributed by atoms with E-state index in [9.17, 15) is 8.78 Å². The van der Waals surface area contributed by atoms with Gasteiger partial charge in [-0.15, -0.1) is 0 Å². The first kappa shape index (κ1) is 19.7. The number of ether oxygens (including phenoxy) is 1. The van der Waals surface area contributed by atoms with E-state index < -0.39 is 11.6 Å². The molecule has 0 atom stereocenters. The van der Waals surface area contributed by atoms with Gasteiger partial charge in [-0.05, 0) is 42.3 Å². The normalized spacial score (nSPS) is 10.9. The molecule has 4 aromatic rings. The van der Waals surface area contributed by atoms with Crippen molar-refractivity contribution in [3.63, 3.8) is 0 Å². The van der Waals surface area contributed by atoms with Crippen LogP contribution in [0, 0.1) is 11.6 Å². The fourth-order valence-corrected chi connectivity index (χ4v) is 3.24. The van der Waals surface area contributed by atoms with Crippen LogP contribution in [0.15, 0.2) is 54.9 Å². The quantitative estimate of drug-likeness (QED) is 0.460. The third kappa shape index (κ3) is 3.66. The lowest BCUT2D eigenvalue weighted by atomic mass is 10.0. The number of halogens is 2. The van der Waals surface area contributed by atoms with E-state index in [-0.39, 0.29) is 5.56 Å². The van der Waals surface area contributed by atoms with Gasteiger partial charge in [0.15, 0.2) is 17.5 Å². The van der Waals surface area contributed by atoms with Gasteiger partial charge in [-0.25, -0.2) is 18.7 Å². The van der Waals surface area contributed by atoms with Crippen LogP contribution in [0.2, 0.25) is 0 Å². The maximum absolute atomic E-state index is 14.4. The largest absolute Gasteiger partial charge is 0.494 e. The molecule has 5 nitrogen and oxygen atoms in total. The Morgan fingerprint density at radius 1 is 1.03 bits per heavy atom. The molecule has 0 unspecified atom stereocenters. The summed E-state index contributed by atoms with van der Waals surface area (Å²) >= 11 is 0. The third-order valence-electron chi connectivity index (χ3n) is 4.71. The Hall–Kier alpha value is -3.61. The van der Waals surface area contributed by atoms with Crippen molar-refractivity contribution < 1.29 is 13.5 Å². The summed E-state index contributed by atoms with van der Waals surface area (Å²) in [6.07, 6.45) is 4.26. The van der Waals surface area contributed by atoms with E-state index in [0.29, 0.717) is 40.4 Å². The minimum atomic E-state index is -0.908. The monoisotopic (exact) mass is 406 g/mol. The zero-order valence-corrected chi connectivity index (χ0v) is 16.6. The van der Waals surface area contributed by atoms with Crippen LogP contribution >= 0.6 is 0 Å². The van der Waals surface area contributed by atoms with E-state index in [1.165, 1.54) is 19.2 Å². The molecule has 152 valence electrons. The molecule has 0 spiro atoms. The fourth-order valence-electron chi connectivity index (χ4n) is 3.24. The van der Waals surface area contributed by atoms with E-state index in [1.54, 1.807) is 24.5 Å². The van der Waals surface area contributed by atoms with Crippen LogP contribution in [0.5, 0.6) is 5.75 Å². The second-order valence-corrected chi connectivity index (χ2v) is 6.74. The van der Waals surface area contributed by atoms with Crippen LogP contribution in [0.1, 0.15) is 13.3 Å². The van der Waals surface area contributed by atoms with Crippen molar-refractivity contribution in [2.45, 2.75) is 13.3 Å². The number of methoxy groups -OCH3 is 1. The molecule has 4 rings (SSSR count). The van der Waals surface area contributed by atoms with E-state index in [4.69, 9.17) is 4.74 Å². The minimum absolute atomic E-state index is 0.146. The van der Waals surface area contributed by atoms with Crippen LogP contribution in [0.4, 0.5) is 14.6 Å². The second-order valence-electron chi connectivity index (χ2n) is 6.74. The SMILES string of the molecule is CCCNc1nc(-c2cccnc2)nc2c(OC)cc(-c3cccc(F)c3F)cc12. The summed E-state index contributed by atoms with van der Waals surface area (Å²) in [5.74, 6) is -0.276. The summed E-state index contributed by atoms with van der Waals surface area (Å²) in [6, 6.07) is 11.2. The first-order chi connectivity index (χ1) is 14.6. The van der Waals surface area contributed by atoms with Crippen molar-refractivity contribution in [3.05, 3.63) is 66.5 Å². The fraction of sp³-hybridized carbons (Fsp3) is 0.174. The van der Waals surface area contributed by atoms with E-state index in [1.807, 2.05) is 19.1 Å². The van der Waals surface area contributed by atoms with Crippen molar-refractivity contribution in [2.75, 3.05) is 19.0 Å². The lowest BCUT2D eigenvalue weighted by Crippen LogP contribution is -2.06. The average Bonchev–Trinajstić information content (AvgIpc) is 2.79. The van der Waals surface area contributed by atoms with Gasteiger partial charge in [0.2, 0.25) is 0 Å². The smallest absolute Gasteiger partial charge is 0.166 e. The van der Waals surface area contributed by atoms with E-state index in [2.05, 4.69) is 20.3 Å². The zero-order chi connectivity index (χ0) is 21.1. The summed E-state index contributed by atoms with van der Waals surface area (Å²) in [7, 11) is 1.52. The molecule has 2 aromatic heterocycles. The molecule has 0 aliphatic heterocycles. The second kappa shape index (κ2) is 8.41. The van der Waals surface area contributed by atoms with Crippen molar-refractivity contribution >= 4 is 16.7 Å². The number of rotatable bonds is 6. The van der Waals surface area contributed by atoms with Crippen LogP contribution in [-0.4, -0.2) is 28.6 Å². The topological polar surface area (TPSA) is 59.9 Å². The molecule has 30 heavy (non-hydrogen) atoms. The van der Waals surface area contributed by atoms with Crippen molar-refractivity contribution in [2.24, 2.45) is 0 Å². The molecule has 1 N–H and O–H groups in total. The van der Waals surface area contributed by atoms with Gasteiger partial charge in [0.05, 0.1) is 7.11 Å². The molecular formula is C23H20F2N4O. The molecule has 0 aliphatic rings.